The molecule has 2 aromatic heterocycles. The fourth-order valence-corrected chi connectivity index (χ4v) is 4.10. The molecule has 1 amide bonds. The van der Waals surface area contributed by atoms with Crippen LogP contribution in [0.15, 0.2) is 24.8 Å². The van der Waals surface area contributed by atoms with Crippen molar-refractivity contribution in [3.63, 3.8) is 0 Å². The number of aromatic nitrogens is 4. The third-order valence-corrected chi connectivity index (χ3v) is 5.90. The van der Waals surface area contributed by atoms with E-state index in [2.05, 4.69) is 48.5 Å². The molecule has 0 aliphatic rings. The Bertz CT molecular complexity index is 738. The van der Waals surface area contributed by atoms with Crippen LogP contribution in [0.3, 0.4) is 0 Å². The lowest BCUT2D eigenvalue weighted by Gasteiger charge is -2.21. The van der Waals surface area contributed by atoms with Crippen LogP contribution in [0.5, 0.6) is 0 Å². The molecule has 2 rings (SSSR count). The first-order valence-electron chi connectivity index (χ1n) is 12.8. The van der Waals surface area contributed by atoms with E-state index in [1.165, 1.54) is 32.4 Å². The third-order valence-electron chi connectivity index (χ3n) is 5.90. The Labute approximate surface area is 200 Å². The molecular formula is C25H45N7O. The highest BCUT2D eigenvalue weighted by Gasteiger charge is 2.11. The molecule has 0 bridgehead atoms. The Morgan fingerprint density at radius 2 is 1.70 bits per heavy atom. The van der Waals surface area contributed by atoms with E-state index < -0.39 is 0 Å². The molecule has 0 aliphatic heterocycles. The number of unbranched alkanes of at least 4 members (excludes halogenated alkanes) is 3. The molecule has 0 radical (unpaired) electrons. The Morgan fingerprint density at radius 1 is 0.939 bits per heavy atom. The lowest BCUT2D eigenvalue weighted by Crippen LogP contribution is -2.28. The lowest BCUT2D eigenvalue weighted by molar-refractivity contribution is -0.121. The summed E-state index contributed by atoms with van der Waals surface area (Å²) in [6.45, 7) is 11.3. The molecule has 2 heterocycles. The standard InChI is InChI=1S/C25H45N7O/c1-4-16-31(17-5-2)18-9-6-7-11-25(33)29-12-8-10-19-32(21-23-26-13-14-27-23)22-24-28-15-20-30(24)3/h13-15,20H,4-12,16-19,21-22H2,1-3H3,(H,26,27)(H,29,33). The van der Waals surface area contributed by atoms with E-state index in [0.717, 1.165) is 70.1 Å². The van der Waals surface area contributed by atoms with Gasteiger partial charge in [0.05, 0.1) is 13.1 Å². The fourth-order valence-electron chi connectivity index (χ4n) is 4.10. The third kappa shape index (κ3) is 11.5. The largest absolute Gasteiger partial charge is 0.356 e. The normalized spacial score (nSPS) is 11.5. The average Bonchev–Trinajstić information content (AvgIpc) is 3.45. The zero-order chi connectivity index (χ0) is 23.7. The van der Waals surface area contributed by atoms with Gasteiger partial charge in [0.15, 0.2) is 0 Å². The summed E-state index contributed by atoms with van der Waals surface area (Å²) in [7, 11) is 2.02. The van der Waals surface area contributed by atoms with E-state index in [0.29, 0.717) is 6.42 Å². The summed E-state index contributed by atoms with van der Waals surface area (Å²) in [5, 5.41) is 3.09. The number of carbonyl (C=O) groups excluding carboxylic acids is 1. The molecule has 8 heteroatoms. The summed E-state index contributed by atoms with van der Waals surface area (Å²) in [6, 6.07) is 0. The van der Waals surface area contributed by atoms with E-state index in [1.807, 2.05) is 25.6 Å². The van der Waals surface area contributed by atoms with E-state index in [-0.39, 0.29) is 5.91 Å². The molecule has 0 fully saturated rings. The van der Waals surface area contributed by atoms with Crippen LogP contribution in [0.2, 0.25) is 0 Å². The van der Waals surface area contributed by atoms with Gasteiger partial charge >= 0.3 is 0 Å². The van der Waals surface area contributed by atoms with E-state index in [1.54, 1.807) is 6.20 Å². The smallest absolute Gasteiger partial charge is 0.219 e. The first kappa shape index (κ1) is 27.1. The number of carbonyl (C=O) groups is 1. The molecule has 186 valence electrons. The number of nitrogens with zero attached hydrogens (tertiary/aromatic N) is 5. The minimum Gasteiger partial charge on any atom is -0.356 e. The van der Waals surface area contributed by atoms with Gasteiger partial charge in [0, 0.05) is 44.8 Å². The predicted octanol–water partition coefficient (Wildman–Crippen LogP) is 3.72. The number of hydrogen-bond acceptors (Lipinski definition) is 5. The van der Waals surface area contributed by atoms with Gasteiger partial charge in [0.1, 0.15) is 11.6 Å². The first-order valence-corrected chi connectivity index (χ1v) is 12.8. The van der Waals surface area contributed by atoms with Crippen LogP contribution in [0.1, 0.15) is 76.9 Å². The van der Waals surface area contributed by atoms with Gasteiger partial charge in [-0.3, -0.25) is 9.69 Å². The second kappa shape index (κ2) is 16.4. The lowest BCUT2D eigenvalue weighted by atomic mass is 10.1. The zero-order valence-corrected chi connectivity index (χ0v) is 21.1. The van der Waals surface area contributed by atoms with Gasteiger partial charge < -0.3 is 19.8 Å². The molecule has 2 N–H and O–H groups in total. The van der Waals surface area contributed by atoms with Crippen LogP contribution in [0, 0.1) is 0 Å². The molecule has 8 nitrogen and oxygen atoms in total. The van der Waals surface area contributed by atoms with Gasteiger partial charge in [0.25, 0.3) is 0 Å². The van der Waals surface area contributed by atoms with Gasteiger partial charge in [-0.15, -0.1) is 0 Å². The molecule has 2 aromatic rings. The van der Waals surface area contributed by atoms with Crippen LogP contribution in [0.25, 0.3) is 0 Å². The first-order chi connectivity index (χ1) is 16.1. The van der Waals surface area contributed by atoms with Crippen molar-refractivity contribution < 1.29 is 4.79 Å². The number of hydrogen-bond donors (Lipinski definition) is 2. The van der Waals surface area contributed by atoms with Crippen molar-refractivity contribution in [3.8, 4) is 0 Å². The van der Waals surface area contributed by atoms with Gasteiger partial charge in [0.2, 0.25) is 5.91 Å². The van der Waals surface area contributed by atoms with Crippen molar-refractivity contribution in [1.82, 2.24) is 34.6 Å². The van der Waals surface area contributed by atoms with Gasteiger partial charge in [-0.2, -0.15) is 0 Å². The van der Waals surface area contributed by atoms with Crippen molar-refractivity contribution in [3.05, 3.63) is 36.4 Å². The fraction of sp³-hybridized carbons (Fsp3) is 0.720. The van der Waals surface area contributed by atoms with E-state index >= 15 is 0 Å². The van der Waals surface area contributed by atoms with Crippen molar-refractivity contribution >= 4 is 5.91 Å². The minimum absolute atomic E-state index is 0.189. The number of imidazole rings is 2. The predicted molar refractivity (Wildman–Crippen MR) is 134 cm³/mol. The highest BCUT2D eigenvalue weighted by atomic mass is 16.1. The quantitative estimate of drug-likeness (QED) is 0.313. The van der Waals surface area contributed by atoms with Crippen LogP contribution >= 0.6 is 0 Å². The van der Waals surface area contributed by atoms with Crippen LogP contribution in [-0.2, 0) is 24.9 Å². The summed E-state index contributed by atoms with van der Waals surface area (Å²) in [5.41, 5.74) is 0. The number of aromatic amines is 1. The highest BCUT2D eigenvalue weighted by Crippen LogP contribution is 2.08. The van der Waals surface area contributed by atoms with Crippen molar-refractivity contribution in [2.75, 3.05) is 32.7 Å². The number of rotatable bonds is 19. The molecule has 33 heavy (non-hydrogen) atoms. The minimum atomic E-state index is 0.189. The topological polar surface area (TPSA) is 82.1 Å². The average molecular weight is 460 g/mol. The summed E-state index contributed by atoms with van der Waals surface area (Å²) in [5.74, 6) is 2.20. The van der Waals surface area contributed by atoms with Crippen LogP contribution in [0.4, 0.5) is 0 Å². The molecule has 0 unspecified atom stereocenters. The SMILES string of the molecule is CCCN(CCC)CCCCCC(=O)NCCCCN(Cc1ncc[nH]1)Cc1nccn1C. The Morgan fingerprint density at radius 3 is 2.36 bits per heavy atom. The molecule has 0 spiro atoms. The van der Waals surface area contributed by atoms with Gasteiger partial charge in [-0.1, -0.05) is 20.3 Å². The Balaban J connectivity index is 1.57. The van der Waals surface area contributed by atoms with E-state index in [9.17, 15) is 4.79 Å². The zero-order valence-electron chi connectivity index (χ0n) is 21.1. The van der Waals surface area contributed by atoms with Gasteiger partial charge in [-0.05, 0) is 64.7 Å². The molecule has 0 aromatic carbocycles. The molecule has 0 atom stereocenters. The molecule has 0 saturated carbocycles. The summed E-state index contributed by atoms with van der Waals surface area (Å²) < 4.78 is 2.06. The molecule has 0 saturated heterocycles. The van der Waals surface area contributed by atoms with E-state index in [4.69, 9.17) is 0 Å². The number of amides is 1. The van der Waals surface area contributed by atoms with Gasteiger partial charge in [-0.25, -0.2) is 9.97 Å². The van der Waals surface area contributed by atoms with Crippen LogP contribution in [-0.4, -0.2) is 67.9 Å². The Hall–Kier alpha value is -2.19. The molecule has 0 aliphatic carbocycles. The highest BCUT2D eigenvalue weighted by molar-refractivity contribution is 5.75. The number of nitrogens with one attached hydrogen (secondary N) is 2. The van der Waals surface area contributed by atoms with Crippen molar-refractivity contribution in [1.29, 1.82) is 0 Å². The Kier molecular flexibility index (Phi) is 13.5. The summed E-state index contributed by atoms with van der Waals surface area (Å²) in [6.07, 6.45) is 15.8. The molecular weight excluding hydrogens is 414 g/mol. The maximum Gasteiger partial charge on any atom is 0.219 e. The summed E-state index contributed by atoms with van der Waals surface area (Å²) >= 11 is 0. The second-order valence-electron chi connectivity index (χ2n) is 8.91. The van der Waals surface area contributed by atoms with Crippen molar-refractivity contribution in [2.24, 2.45) is 7.05 Å². The monoisotopic (exact) mass is 459 g/mol. The second-order valence-corrected chi connectivity index (χ2v) is 8.91. The maximum atomic E-state index is 12.1. The maximum absolute atomic E-state index is 12.1. The summed E-state index contributed by atoms with van der Waals surface area (Å²) in [4.78, 5) is 29.0. The number of H-pyrrole nitrogens is 1. The van der Waals surface area contributed by atoms with Crippen LogP contribution < -0.4 is 5.32 Å². The van der Waals surface area contributed by atoms with Crippen molar-refractivity contribution in [2.45, 2.75) is 78.3 Å². The number of aryl methyl sites for hydroxylation is 1.